The molecule has 0 bridgehead atoms. The van der Waals surface area contributed by atoms with E-state index in [2.05, 4.69) is 30.2 Å². The van der Waals surface area contributed by atoms with Crippen LogP contribution in [0.1, 0.15) is 26.7 Å². The van der Waals surface area contributed by atoms with Gasteiger partial charge < -0.3 is 20.0 Å². The van der Waals surface area contributed by atoms with Gasteiger partial charge in [-0.05, 0) is 43.4 Å². The number of nitrogens with zero attached hydrogens (tertiary/aromatic N) is 8. The summed E-state index contributed by atoms with van der Waals surface area (Å²) in [5, 5.41) is 2.80. The number of hydrogen-bond acceptors (Lipinski definition) is 10. The van der Waals surface area contributed by atoms with Gasteiger partial charge in [0.15, 0.2) is 23.8 Å². The molecule has 0 spiro atoms. The zero-order chi connectivity index (χ0) is 28.1. The number of amides is 4. The molecule has 4 aliphatic rings. The van der Waals surface area contributed by atoms with Crippen molar-refractivity contribution in [2.45, 2.75) is 44.9 Å². The van der Waals surface area contributed by atoms with Gasteiger partial charge in [-0.1, -0.05) is 6.92 Å². The zero-order valence-corrected chi connectivity index (χ0v) is 22.6. The Morgan fingerprint density at radius 1 is 1.12 bits per heavy atom. The van der Waals surface area contributed by atoms with Gasteiger partial charge in [0.1, 0.15) is 17.7 Å². The van der Waals surface area contributed by atoms with Crippen molar-refractivity contribution < 1.29 is 19.2 Å². The highest BCUT2D eigenvalue weighted by atomic mass is 16.2. The van der Waals surface area contributed by atoms with Gasteiger partial charge in [0.25, 0.3) is 5.91 Å². The normalized spacial score (nSPS) is 25.7. The summed E-state index contributed by atoms with van der Waals surface area (Å²) in [6, 6.07) is 3.17. The maximum atomic E-state index is 13.3. The van der Waals surface area contributed by atoms with Crippen LogP contribution in [0, 0.1) is 11.8 Å². The molecule has 1 aliphatic carbocycles. The fraction of sp³-hybridized carbons (Fsp3) is 0.481. The lowest BCUT2D eigenvalue weighted by Gasteiger charge is -2.42. The summed E-state index contributed by atoms with van der Waals surface area (Å²) in [7, 11) is 1.53. The second-order valence-electron chi connectivity index (χ2n) is 10.8. The Morgan fingerprint density at radius 2 is 1.90 bits per heavy atom. The SMILES string of the molecule is CCC(=O)CN1C(=O)C2C(N=CN2[C@@H](C)C(=O)Nc2ccnc(-c3ccc(N4CC5CC5C4)nc3)n2)N(C)C1=O. The van der Waals surface area contributed by atoms with Crippen LogP contribution < -0.4 is 10.2 Å². The summed E-state index contributed by atoms with van der Waals surface area (Å²) in [6.07, 6.45) is 5.47. The monoisotopic (exact) mass is 545 g/mol. The Balaban J connectivity index is 1.13. The maximum absolute atomic E-state index is 13.3. The van der Waals surface area contributed by atoms with Crippen LogP contribution >= 0.6 is 0 Å². The van der Waals surface area contributed by atoms with Gasteiger partial charge in [0, 0.05) is 44.5 Å². The van der Waals surface area contributed by atoms with Gasteiger partial charge in [0.2, 0.25) is 5.91 Å². The van der Waals surface area contributed by atoms with Crippen LogP contribution in [0.4, 0.5) is 16.4 Å². The molecule has 2 aromatic rings. The van der Waals surface area contributed by atoms with E-state index in [4.69, 9.17) is 0 Å². The number of anilines is 2. The third kappa shape index (κ3) is 4.54. The molecule has 13 heteroatoms. The van der Waals surface area contributed by atoms with Gasteiger partial charge in [-0.2, -0.15) is 0 Å². The van der Waals surface area contributed by atoms with Crippen molar-refractivity contribution in [3.05, 3.63) is 30.6 Å². The fourth-order valence-corrected chi connectivity index (χ4v) is 5.58. The average molecular weight is 546 g/mol. The van der Waals surface area contributed by atoms with Crippen LogP contribution in [0.5, 0.6) is 0 Å². The third-order valence-electron chi connectivity index (χ3n) is 8.18. The molecule has 2 aromatic heterocycles. The van der Waals surface area contributed by atoms with Crippen molar-refractivity contribution in [1.82, 2.24) is 29.7 Å². The number of carbonyl (C=O) groups is 4. The number of Topliss-reactive ketones (excluding diaryl/α,β-unsaturated/α-hetero) is 1. The zero-order valence-electron chi connectivity index (χ0n) is 22.6. The number of carbonyl (C=O) groups excluding carboxylic acids is 4. The third-order valence-corrected chi connectivity index (χ3v) is 8.18. The van der Waals surface area contributed by atoms with E-state index in [-0.39, 0.29) is 18.7 Å². The van der Waals surface area contributed by atoms with Gasteiger partial charge >= 0.3 is 6.03 Å². The summed E-state index contributed by atoms with van der Waals surface area (Å²) in [5.41, 5.74) is 0.731. The molecule has 40 heavy (non-hydrogen) atoms. The molecule has 2 saturated heterocycles. The van der Waals surface area contributed by atoms with E-state index in [0.717, 1.165) is 41.2 Å². The molecule has 4 amide bonds. The number of aromatic nitrogens is 3. The topological polar surface area (TPSA) is 144 Å². The van der Waals surface area contributed by atoms with Crippen molar-refractivity contribution in [3.63, 3.8) is 0 Å². The second kappa shape index (κ2) is 9.96. The molecule has 208 valence electrons. The minimum atomic E-state index is -0.917. The number of piperidine rings is 1. The van der Waals surface area contributed by atoms with E-state index < -0.39 is 36.1 Å². The number of likely N-dealkylation sites (N-methyl/N-ethyl adjacent to an activating group) is 1. The molecule has 0 aromatic carbocycles. The highest BCUT2D eigenvalue weighted by molar-refractivity contribution is 6.05. The van der Waals surface area contributed by atoms with Crippen molar-refractivity contribution in [2.75, 3.05) is 36.9 Å². The summed E-state index contributed by atoms with van der Waals surface area (Å²) in [6.45, 7) is 5.12. The number of fused-ring (bicyclic) bond motifs is 2. The van der Waals surface area contributed by atoms with E-state index in [1.165, 1.54) is 29.6 Å². The first-order valence-corrected chi connectivity index (χ1v) is 13.5. The van der Waals surface area contributed by atoms with Gasteiger partial charge in [-0.15, -0.1) is 0 Å². The molecule has 6 rings (SSSR count). The molecular formula is C27H31N9O4. The lowest BCUT2D eigenvalue weighted by molar-refractivity contribution is -0.141. The Bertz CT molecular complexity index is 1390. The van der Waals surface area contributed by atoms with Crippen LogP contribution in [0.2, 0.25) is 0 Å². The standard InChI is InChI=1S/C27H31N9O4/c1-4-19(37)13-35-26(39)22-24(33(3)27(35)40)30-14-36(22)15(2)25(38)32-20-7-8-28-23(31-20)16-5-6-21(29-10-16)34-11-17-9-18(17)12-34/h5-8,10,14-15,17-18,22,24H,4,9,11-13H2,1-3H3,(H,28,31,32,38)/t15-,17?,18?,22?,24?/m0/s1. The summed E-state index contributed by atoms with van der Waals surface area (Å²) < 4.78 is 0. The smallest absolute Gasteiger partial charge is 0.328 e. The first kappa shape index (κ1) is 25.8. The number of imide groups is 1. The lowest BCUT2D eigenvalue weighted by atomic mass is 10.1. The second-order valence-corrected chi connectivity index (χ2v) is 10.8. The summed E-state index contributed by atoms with van der Waals surface area (Å²) in [4.78, 5) is 75.1. The van der Waals surface area contributed by atoms with Crippen LogP contribution in [-0.4, -0.2) is 105 Å². The van der Waals surface area contributed by atoms with Crippen LogP contribution in [0.15, 0.2) is 35.6 Å². The fourth-order valence-electron chi connectivity index (χ4n) is 5.58. The van der Waals surface area contributed by atoms with E-state index in [1.807, 2.05) is 12.1 Å². The molecule has 1 saturated carbocycles. The van der Waals surface area contributed by atoms with Crippen molar-refractivity contribution in [2.24, 2.45) is 16.8 Å². The van der Waals surface area contributed by atoms with Gasteiger partial charge in [0.05, 0.1) is 12.9 Å². The Kier molecular flexibility index (Phi) is 6.43. The van der Waals surface area contributed by atoms with E-state index in [0.29, 0.717) is 11.6 Å². The molecule has 3 aliphatic heterocycles. The number of ketones is 1. The van der Waals surface area contributed by atoms with Gasteiger partial charge in [-0.25, -0.2) is 24.7 Å². The molecule has 5 heterocycles. The minimum absolute atomic E-state index is 0.203. The molecule has 1 N–H and O–H groups in total. The lowest BCUT2D eigenvalue weighted by Crippen LogP contribution is -2.66. The number of nitrogens with one attached hydrogen (secondary N) is 1. The van der Waals surface area contributed by atoms with Crippen molar-refractivity contribution in [1.29, 1.82) is 0 Å². The van der Waals surface area contributed by atoms with E-state index in [9.17, 15) is 19.2 Å². The number of pyridine rings is 1. The maximum Gasteiger partial charge on any atom is 0.328 e. The molecule has 0 radical (unpaired) electrons. The number of hydrogen-bond donors (Lipinski definition) is 1. The van der Waals surface area contributed by atoms with Crippen molar-refractivity contribution >= 4 is 41.6 Å². The summed E-state index contributed by atoms with van der Waals surface area (Å²) >= 11 is 0. The van der Waals surface area contributed by atoms with Gasteiger partial charge in [-0.3, -0.25) is 19.3 Å². The molecule has 5 atom stereocenters. The van der Waals surface area contributed by atoms with E-state index >= 15 is 0 Å². The Hall–Kier alpha value is -4.42. The average Bonchev–Trinajstić information content (AvgIpc) is 3.35. The quantitative estimate of drug-likeness (QED) is 0.518. The Labute approximate surface area is 231 Å². The van der Waals surface area contributed by atoms with Crippen LogP contribution in [-0.2, 0) is 14.4 Å². The largest absolute Gasteiger partial charge is 0.356 e. The molecule has 4 unspecified atom stereocenters. The predicted molar refractivity (Wildman–Crippen MR) is 145 cm³/mol. The highest BCUT2D eigenvalue weighted by Crippen LogP contribution is 2.45. The number of aliphatic imine (C=N–C) groups is 1. The first-order valence-electron chi connectivity index (χ1n) is 13.5. The van der Waals surface area contributed by atoms with Crippen LogP contribution in [0.25, 0.3) is 11.4 Å². The minimum Gasteiger partial charge on any atom is -0.356 e. The highest BCUT2D eigenvalue weighted by Gasteiger charge is 2.51. The molecular weight excluding hydrogens is 514 g/mol. The number of rotatable bonds is 8. The molecule has 3 fully saturated rings. The molecule has 13 nitrogen and oxygen atoms in total. The summed E-state index contributed by atoms with van der Waals surface area (Å²) in [5.74, 6) is 2.09. The first-order chi connectivity index (χ1) is 19.2. The number of urea groups is 1. The van der Waals surface area contributed by atoms with Crippen LogP contribution in [0.3, 0.4) is 0 Å². The predicted octanol–water partition coefficient (Wildman–Crippen LogP) is 1.23. The Morgan fingerprint density at radius 3 is 2.60 bits per heavy atom. The van der Waals surface area contributed by atoms with E-state index in [1.54, 1.807) is 32.3 Å². The van der Waals surface area contributed by atoms with Crippen molar-refractivity contribution in [3.8, 4) is 11.4 Å².